The van der Waals surface area contributed by atoms with Gasteiger partial charge in [-0.05, 0) is 37.5 Å². The van der Waals surface area contributed by atoms with Crippen molar-refractivity contribution in [1.29, 1.82) is 0 Å². The molecule has 2 nitrogen and oxygen atoms in total. The highest BCUT2D eigenvalue weighted by molar-refractivity contribution is 5.12. The van der Waals surface area contributed by atoms with Gasteiger partial charge in [0.15, 0.2) is 0 Å². The molecule has 0 bridgehead atoms. The lowest BCUT2D eigenvalue weighted by Gasteiger charge is -2.32. The lowest BCUT2D eigenvalue weighted by atomic mass is 9.78. The molecule has 68 valence electrons. The smallest absolute Gasteiger partial charge is 0.0471 e. The van der Waals surface area contributed by atoms with E-state index in [0.29, 0.717) is 11.0 Å². The van der Waals surface area contributed by atoms with Gasteiger partial charge in [-0.2, -0.15) is 0 Å². The van der Waals surface area contributed by atoms with Crippen molar-refractivity contribution in [1.82, 2.24) is 5.32 Å². The summed E-state index contributed by atoms with van der Waals surface area (Å²) >= 11 is 0. The minimum Gasteiger partial charge on any atom is -0.381 e. The first-order valence-corrected chi connectivity index (χ1v) is 5.16. The Kier molecular flexibility index (Phi) is 1.37. The summed E-state index contributed by atoms with van der Waals surface area (Å²) in [4.78, 5) is 0. The second-order valence-corrected chi connectivity index (χ2v) is 4.92. The number of hydrogen-bond donors (Lipinski definition) is 1. The van der Waals surface area contributed by atoms with E-state index in [1.165, 1.54) is 38.6 Å². The highest BCUT2D eigenvalue weighted by atomic mass is 16.5. The Labute approximate surface area is 73.7 Å². The summed E-state index contributed by atoms with van der Waals surface area (Å²) in [6.07, 6.45) is 6.87. The minimum atomic E-state index is 0.608. The van der Waals surface area contributed by atoms with Crippen LogP contribution in [0, 0.1) is 5.41 Å². The van der Waals surface area contributed by atoms with Crippen molar-refractivity contribution >= 4 is 0 Å². The average molecular weight is 167 g/mol. The van der Waals surface area contributed by atoms with Gasteiger partial charge in [0.25, 0.3) is 0 Å². The molecule has 0 unspecified atom stereocenters. The van der Waals surface area contributed by atoms with E-state index in [1.807, 2.05) is 0 Å². The topological polar surface area (TPSA) is 21.3 Å². The monoisotopic (exact) mass is 167 g/mol. The largest absolute Gasteiger partial charge is 0.381 e. The summed E-state index contributed by atoms with van der Waals surface area (Å²) in [5, 5.41) is 3.71. The summed E-state index contributed by atoms with van der Waals surface area (Å²) < 4.78 is 5.42. The quantitative estimate of drug-likeness (QED) is 0.587. The normalized spacial score (nSPS) is 36.0. The van der Waals surface area contributed by atoms with Crippen LogP contribution in [0.15, 0.2) is 0 Å². The Balaban J connectivity index is 1.74. The van der Waals surface area contributed by atoms with Crippen molar-refractivity contribution < 1.29 is 4.74 Å². The standard InChI is InChI=1S/C10H17NO/c1-2-10(1)7-9(8-11-10)3-5-12-6-4-9/h11H,1-8H2. The van der Waals surface area contributed by atoms with Crippen LogP contribution in [0.2, 0.25) is 0 Å². The Morgan fingerprint density at radius 1 is 1.00 bits per heavy atom. The van der Waals surface area contributed by atoms with Crippen LogP contribution in [-0.4, -0.2) is 25.3 Å². The molecule has 0 amide bonds. The van der Waals surface area contributed by atoms with E-state index in [0.717, 1.165) is 13.2 Å². The highest BCUT2D eigenvalue weighted by Gasteiger charge is 2.54. The molecule has 3 fully saturated rings. The summed E-state index contributed by atoms with van der Waals surface area (Å²) in [6.45, 7) is 3.26. The molecule has 2 aliphatic heterocycles. The number of ether oxygens (including phenoxy) is 1. The fourth-order valence-electron chi connectivity index (χ4n) is 2.88. The maximum absolute atomic E-state index is 5.42. The molecule has 0 aromatic carbocycles. The highest BCUT2D eigenvalue weighted by Crippen LogP contribution is 2.52. The molecular weight excluding hydrogens is 150 g/mol. The van der Waals surface area contributed by atoms with E-state index in [1.54, 1.807) is 0 Å². The Morgan fingerprint density at radius 2 is 1.75 bits per heavy atom. The SMILES string of the molecule is C1CC2(CCO1)CNC1(CC1)C2. The van der Waals surface area contributed by atoms with Crippen LogP contribution in [0.5, 0.6) is 0 Å². The molecule has 1 saturated carbocycles. The molecule has 1 aliphatic carbocycles. The molecule has 0 atom stereocenters. The van der Waals surface area contributed by atoms with Crippen LogP contribution in [-0.2, 0) is 4.74 Å². The van der Waals surface area contributed by atoms with Gasteiger partial charge in [0, 0.05) is 25.3 Å². The molecule has 3 aliphatic rings. The molecule has 2 heteroatoms. The van der Waals surface area contributed by atoms with Crippen molar-refractivity contribution in [3.63, 3.8) is 0 Å². The third kappa shape index (κ3) is 1.01. The van der Waals surface area contributed by atoms with Gasteiger partial charge in [-0.15, -0.1) is 0 Å². The van der Waals surface area contributed by atoms with E-state index in [-0.39, 0.29) is 0 Å². The third-order valence-electron chi connectivity index (χ3n) is 3.96. The first-order chi connectivity index (χ1) is 5.83. The van der Waals surface area contributed by atoms with Gasteiger partial charge < -0.3 is 10.1 Å². The molecule has 1 N–H and O–H groups in total. The summed E-state index contributed by atoms with van der Waals surface area (Å²) in [5.41, 5.74) is 1.24. The average Bonchev–Trinajstić information content (AvgIpc) is 2.75. The fraction of sp³-hybridized carbons (Fsp3) is 1.00. The van der Waals surface area contributed by atoms with E-state index >= 15 is 0 Å². The van der Waals surface area contributed by atoms with Crippen molar-refractivity contribution in [2.24, 2.45) is 5.41 Å². The van der Waals surface area contributed by atoms with Gasteiger partial charge in [-0.1, -0.05) is 0 Å². The molecule has 0 radical (unpaired) electrons. The second kappa shape index (κ2) is 2.24. The zero-order valence-corrected chi connectivity index (χ0v) is 7.57. The molecule has 12 heavy (non-hydrogen) atoms. The first kappa shape index (κ1) is 7.34. The minimum absolute atomic E-state index is 0.608. The van der Waals surface area contributed by atoms with Crippen molar-refractivity contribution in [2.45, 2.75) is 37.6 Å². The predicted octanol–water partition coefficient (Wildman–Crippen LogP) is 1.31. The first-order valence-electron chi connectivity index (χ1n) is 5.16. The van der Waals surface area contributed by atoms with Crippen LogP contribution in [0.25, 0.3) is 0 Å². The summed E-state index contributed by atoms with van der Waals surface area (Å²) in [6, 6.07) is 0. The molecule has 2 spiro atoms. The van der Waals surface area contributed by atoms with Gasteiger partial charge in [-0.3, -0.25) is 0 Å². The van der Waals surface area contributed by atoms with Crippen LogP contribution >= 0.6 is 0 Å². The molecule has 2 saturated heterocycles. The van der Waals surface area contributed by atoms with Gasteiger partial charge in [0.1, 0.15) is 0 Å². The Bertz CT molecular complexity index is 192. The molecular formula is C10H17NO. The molecule has 3 rings (SSSR count). The summed E-state index contributed by atoms with van der Waals surface area (Å²) in [5.74, 6) is 0. The molecule has 2 heterocycles. The van der Waals surface area contributed by atoms with Gasteiger partial charge in [-0.25, -0.2) is 0 Å². The number of rotatable bonds is 0. The maximum Gasteiger partial charge on any atom is 0.0471 e. The number of hydrogen-bond acceptors (Lipinski definition) is 2. The van der Waals surface area contributed by atoms with Crippen LogP contribution in [0.3, 0.4) is 0 Å². The molecule has 0 aromatic heterocycles. The lowest BCUT2D eigenvalue weighted by Crippen LogP contribution is -2.31. The van der Waals surface area contributed by atoms with Gasteiger partial charge >= 0.3 is 0 Å². The van der Waals surface area contributed by atoms with Crippen LogP contribution < -0.4 is 5.32 Å². The maximum atomic E-state index is 5.42. The van der Waals surface area contributed by atoms with E-state index in [2.05, 4.69) is 5.32 Å². The van der Waals surface area contributed by atoms with Crippen molar-refractivity contribution in [3.8, 4) is 0 Å². The van der Waals surface area contributed by atoms with E-state index < -0.39 is 0 Å². The Morgan fingerprint density at radius 3 is 2.33 bits per heavy atom. The Hall–Kier alpha value is -0.0800. The van der Waals surface area contributed by atoms with E-state index in [4.69, 9.17) is 4.74 Å². The van der Waals surface area contributed by atoms with Gasteiger partial charge in [0.05, 0.1) is 0 Å². The zero-order chi connectivity index (χ0) is 8.07. The zero-order valence-electron chi connectivity index (χ0n) is 7.57. The fourth-order valence-corrected chi connectivity index (χ4v) is 2.88. The van der Waals surface area contributed by atoms with Crippen LogP contribution in [0.1, 0.15) is 32.1 Å². The lowest BCUT2D eigenvalue weighted by molar-refractivity contribution is 0.0230. The van der Waals surface area contributed by atoms with Crippen LogP contribution in [0.4, 0.5) is 0 Å². The number of nitrogens with one attached hydrogen (secondary N) is 1. The summed E-state index contributed by atoms with van der Waals surface area (Å²) in [7, 11) is 0. The predicted molar refractivity (Wildman–Crippen MR) is 47.1 cm³/mol. The third-order valence-corrected chi connectivity index (χ3v) is 3.96. The molecule has 0 aromatic rings. The van der Waals surface area contributed by atoms with Crippen molar-refractivity contribution in [3.05, 3.63) is 0 Å². The van der Waals surface area contributed by atoms with Crippen molar-refractivity contribution in [2.75, 3.05) is 19.8 Å². The van der Waals surface area contributed by atoms with E-state index in [9.17, 15) is 0 Å². The van der Waals surface area contributed by atoms with Gasteiger partial charge in [0.2, 0.25) is 0 Å². The second-order valence-electron chi connectivity index (χ2n) is 4.92.